The van der Waals surface area contributed by atoms with Gasteiger partial charge in [-0.25, -0.2) is 4.98 Å². The molecule has 0 spiro atoms. The van der Waals surface area contributed by atoms with Gasteiger partial charge in [0.25, 0.3) is 5.91 Å². The molecule has 0 radical (unpaired) electrons. The van der Waals surface area contributed by atoms with Crippen molar-refractivity contribution < 1.29 is 9.90 Å². The number of fused-ring (bicyclic) bond motifs is 1. The molecular weight excluding hydrogens is 342 g/mol. The number of anilines is 2. The third-order valence-electron chi connectivity index (χ3n) is 5.01. The van der Waals surface area contributed by atoms with Crippen molar-refractivity contribution in [1.82, 2.24) is 20.5 Å². The Labute approximate surface area is 157 Å². The number of hydrogen-bond acceptors (Lipinski definition) is 5. The molecule has 27 heavy (non-hydrogen) atoms. The van der Waals surface area contributed by atoms with Crippen molar-refractivity contribution in [1.29, 1.82) is 0 Å². The highest BCUT2D eigenvalue weighted by Crippen LogP contribution is 2.24. The van der Waals surface area contributed by atoms with Gasteiger partial charge in [0.15, 0.2) is 0 Å². The van der Waals surface area contributed by atoms with Crippen LogP contribution in [-0.2, 0) is 0 Å². The van der Waals surface area contributed by atoms with Gasteiger partial charge in [-0.15, -0.1) is 0 Å². The lowest BCUT2D eigenvalue weighted by Crippen LogP contribution is -2.38. The molecule has 2 aromatic heterocycles. The topological polar surface area (TPSA) is 103 Å². The molecule has 1 amide bonds. The molecule has 1 aliphatic rings. The first kappa shape index (κ1) is 17.5. The molecule has 1 fully saturated rings. The molecule has 3 aromatic rings. The van der Waals surface area contributed by atoms with Crippen molar-refractivity contribution in [2.45, 2.75) is 44.8 Å². The number of hydrogen-bond donors (Lipinski definition) is 4. The number of carbonyl (C=O) groups is 1. The van der Waals surface area contributed by atoms with E-state index in [4.69, 9.17) is 0 Å². The van der Waals surface area contributed by atoms with Gasteiger partial charge in [0.05, 0.1) is 23.4 Å². The molecule has 1 aromatic carbocycles. The number of H-pyrrole nitrogens is 1. The Kier molecular flexibility index (Phi) is 4.77. The largest absolute Gasteiger partial charge is 0.393 e. The van der Waals surface area contributed by atoms with Gasteiger partial charge in [-0.1, -0.05) is 0 Å². The van der Waals surface area contributed by atoms with E-state index in [1.165, 1.54) is 0 Å². The van der Waals surface area contributed by atoms with Gasteiger partial charge in [0.2, 0.25) is 0 Å². The second kappa shape index (κ2) is 7.36. The van der Waals surface area contributed by atoms with Gasteiger partial charge in [-0.05, 0) is 62.9 Å². The number of aliphatic hydroxyl groups excluding tert-OH is 1. The number of aromatic amines is 1. The van der Waals surface area contributed by atoms with Gasteiger partial charge in [0.1, 0.15) is 5.82 Å². The van der Waals surface area contributed by atoms with Gasteiger partial charge >= 0.3 is 0 Å². The minimum absolute atomic E-state index is 0.0948. The summed E-state index contributed by atoms with van der Waals surface area (Å²) >= 11 is 0. The van der Waals surface area contributed by atoms with Gasteiger partial charge in [0, 0.05) is 22.8 Å². The average molecular weight is 365 g/mol. The van der Waals surface area contributed by atoms with Gasteiger partial charge in [-0.2, -0.15) is 5.10 Å². The molecule has 2 heterocycles. The van der Waals surface area contributed by atoms with Crippen LogP contribution in [0.25, 0.3) is 10.9 Å². The van der Waals surface area contributed by atoms with Gasteiger partial charge in [-0.3, -0.25) is 9.89 Å². The summed E-state index contributed by atoms with van der Waals surface area (Å²) in [5, 5.41) is 23.9. The Balaban J connectivity index is 1.55. The molecule has 1 saturated carbocycles. The molecule has 0 saturated heterocycles. The number of nitrogens with one attached hydrogen (secondary N) is 3. The smallest absolute Gasteiger partial charge is 0.255 e. The van der Waals surface area contributed by atoms with E-state index < -0.39 is 0 Å². The number of aromatic nitrogens is 3. The number of carbonyl (C=O) groups excluding carboxylic acids is 1. The summed E-state index contributed by atoms with van der Waals surface area (Å²) in [4.78, 5) is 17.3. The average Bonchev–Trinajstić information content (AvgIpc) is 3.11. The minimum atomic E-state index is -0.241. The van der Waals surface area contributed by atoms with Crippen LogP contribution in [0.2, 0.25) is 0 Å². The Morgan fingerprint density at radius 3 is 2.81 bits per heavy atom. The first-order chi connectivity index (χ1) is 13.1. The quantitative estimate of drug-likeness (QED) is 0.569. The Hall–Kier alpha value is -2.93. The SMILES string of the molecule is Cc1ccc(C(=O)NC2CCC(O)CC2)c(Nc2ccc3[nH]ncc3c2)n1. The Bertz CT molecular complexity index is 960. The highest BCUT2D eigenvalue weighted by atomic mass is 16.3. The number of pyridine rings is 1. The maximum Gasteiger partial charge on any atom is 0.255 e. The number of rotatable bonds is 4. The van der Waals surface area contributed by atoms with Crippen LogP contribution in [0, 0.1) is 6.92 Å². The summed E-state index contributed by atoms with van der Waals surface area (Å²) < 4.78 is 0. The standard InChI is InChI=1S/C20H23N5O2/c1-12-2-8-17(20(27)24-14-3-6-16(26)7-4-14)19(22-12)23-15-5-9-18-13(10-15)11-21-25-18/h2,5,8-11,14,16,26H,3-4,6-7H2,1H3,(H,21,25)(H,22,23)(H,24,27). The molecular formula is C20H23N5O2. The number of amides is 1. The van der Waals surface area contributed by atoms with Crippen LogP contribution in [0.3, 0.4) is 0 Å². The molecule has 0 aliphatic heterocycles. The lowest BCUT2D eigenvalue weighted by atomic mass is 9.93. The summed E-state index contributed by atoms with van der Waals surface area (Å²) in [5.41, 5.74) is 3.14. The van der Waals surface area contributed by atoms with Crippen molar-refractivity contribution in [2.24, 2.45) is 0 Å². The lowest BCUT2D eigenvalue weighted by Gasteiger charge is -2.26. The first-order valence-corrected chi connectivity index (χ1v) is 9.25. The molecule has 7 heteroatoms. The molecule has 4 N–H and O–H groups in total. The summed E-state index contributed by atoms with van der Waals surface area (Å²) in [7, 11) is 0. The maximum absolute atomic E-state index is 12.8. The van der Waals surface area contributed by atoms with Gasteiger partial charge < -0.3 is 15.7 Å². The third-order valence-corrected chi connectivity index (χ3v) is 5.01. The monoisotopic (exact) mass is 365 g/mol. The zero-order chi connectivity index (χ0) is 18.8. The van der Waals surface area contributed by atoms with Crippen molar-refractivity contribution in [3.8, 4) is 0 Å². The second-order valence-corrected chi connectivity index (χ2v) is 7.12. The highest BCUT2D eigenvalue weighted by molar-refractivity contribution is 5.99. The second-order valence-electron chi connectivity index (χ2n) is 7.12. The van der Waals surface area contributed by atoms with Crippen molar-refractivity contribution in [3.63, 3.8) is 0 Å². The number of aryl methyl sites for hydroxylation is 1. The van der Waals surface area contributed by atoms with E-state index in [-0.39, 0.29) is 18.1 Å². The van der Waals surface area contributed by atoms with Crippen LogP contribution in [0.15, 0.2) is 36.5 Å². The Morgan fingerprint density at radius 2 is 2.00 bits per heavy atom. The first-order valence-electron chi connectivity index (χ1n) is 9.25. The van der Waals surface area contributed by atoms with Crippen LogP contribution < -0.4 is 10.6 Å². The third kappa shape index (κ3) is 3.93. The van der Waals surface area contributed by atoms with E-state index in [2.05, 4.69) is 25.8 Å². The number of aliphatic hydroxyl groups is 1. The van der Waals surface area contributed by atoms with E-state index >= 15 is 0 Å². The normalized spacial score (nSPS) is 19.8. The maximum atomic E-state index is 12.8. The Morgan fingerprint density at radius 1 is 1.19 bits per heavy atom. The molecule has 0 bridgehead atoms. The summed E-state index contributed by atoms with van der Waals surface area (Å²) in [5.74, 6) is 0.391. The van der Waals surface area contributed by atoms with Crippen molar-refractivity contribution in [2.75, 3.05) is 5.32 Å². The fraction of sp³-hybridized carbons (Fsp3) is 0.350. The van der Waals surface area contributed by atoms with E-state index in [0.717, 1.165) is 48.0 Å². The van der Waals surface area contributed by atoms with Crippen LogP contribution in [0.1, 0.15) is 41.7 Å². The minimum Gasteiger partial charge on any atom is -0.393 e. The van der Waals surface area contributed by atoms with E-state index in [0.29, 0.717) is 11.4 Å². The summed E-state index contributed by atoms with van der Waals surface area (Å²) in [6.45, 7) is 1.90. The molecule has 7 nitrogen and oxygen atoms in total. The molecule has 0 unspecified atom stereocenters. The predicted molar refractivity (Wildman–Crippen MR) is 104 cm³/mol. The summed E-state index contributed by atoms with van der Waals surface area (Å²) in [6, 6.07) is 9.56. The fourth-order valence-electron chi connectivity index (χ4n) is 3.48. The highest BCUT2D eigenvalue weighted by Gasteiger charge is 2.22. The predicted octanol–water partition coefficient (Wildman–Crippen LogP) is 3.04. The molecule has 4 rings (SSSR count). The van der Waals surface area contributed by atoms with E-state index in [1.807, 2.05) is 31.2 Å². The van der Waals surface area contributed by atoms with Crippen LogP contribution in [0.5, 0.6) is 0 Å². The number of nitrogens with zero attached hydrogens (tertiary/aromatic N) is 2. The van der Waals surface area contributed by atoms with Crippen LogP contribution >= 0.6 is 0 Å². The summed E-state index contributed by atoms with van der Waals surface area (Å²) in [6.07, 6.45) is 4.57. The van der Waals surface area contributed by atoms with E-state index in [9.17, 15) is 9.90 Å². The van der Waals surface area contributed by atoms with E-state index in [1.54, 1.807) is 12.3 Å². The molecule has 0 atom stereocenters. The molecule has 140 valence electrons. The van der Waals surface area contributed by atoms with Crippen molar-refractivity contribution in [3.05, 3.63) is 47.8 Å². The molecule has 1 aliphatic carbocycles. The lowest BCUT2D eigenvalue weighted by molar-refractivity contribution is 0.0868. The van der Waals surface area contributed by atoms with Crippen molar-refractivity contribution >= 4 is 28.3 Å². The van der Waals surface area contributed by atoms with Crippen LogP contribution in [0.4, 0.5) is 11.5 Å². The zero-order valence-corrected chi connectivity index (χ0v) is 15.2. The fourth-order valence-corrected chi connectivity index (χ4v) is 3.48. The van der Waals surface area contributed by atoms with Crippen LogP contribution in [-0.4, -0.2) is 38.3 Å². The zero-order valence-electron chi connectivity index (χ0n) is 15.2. The number of benzene rings is 1.